The molecule has 0 saturated carbocycles. The molecule has 0 N–H and O–H groups in total. The van der Waals surface area contributed by atoms with Crippen LogP contribution in [0.25, 0.3) is 0 Å². The fourth-order valence-corrected chi connectivity index (χ4v) is 3.19. The van der Waals surface area contributed by atoms with E-state index >= 15 is 0 Å². The largest absolute Gasteiger partial charge is 0.299 e. The van der Waals surface area contributed by atoms with Crippen molar-refractivity contribution in [3.05, 3.63) is 71.3 Å². The van der Waals surface area contributed by atoms with Gasteiger partial charge in [-0.3, -0.25) is 4.90 Å². The number of benzene rings is 2. The summed E-state index contributed by atoms with van der Waals surface area (Å²) < 4.78 is 26.2. The maximum Gasteiger partial charge on any atom is 0.159 e. The third-order valence-electron chi connectivity index (χ3n) is 4.46. The first kappa shape index (κ1) is 15.2. The Balaban J connectivity index is 1.50. The van der Waals surface area contributed by atoms with Crippen LogP contribution in [0.1, 0.15) is 24.0 Å². The van der Waals surface area contributed by atoms with Crippen LogP contribution in [-0.2, 0) is 13.0 Å². The van der Waals surface area contributed by atoms with Crippen molar-refractivity contribution in [2.45, 2.75) is 25.8 Å². The van der Waals surface area contributed by atoms with Crippen LogP contribution in [0.4, 0.5) is 8.78 Å². The maximum absolute atomic E-state index is 13.3. The fourth-order valence-electron chi connectivity index (χ4n) is 3.19. The van der Waals surface area contributed by atoms with Gasteiger partial charge in [0.25, 0.3) is 0 Å². The Hall–Kier alpha value is -1.74. The monoisotopic (exact) mass is 301 g/mol. The van der Waals surface area contributed by atoms with E-state index in [0.29, 0.717) is 5.92 Å². The number of hydrogen-bond acceptors (Lipinski definition) is 1. The molecule has 0 bridgehead atoms. The van der Waals surface area contributed by atoms with Gasteiger partial charge in [-0.1, -0.05) is 36.4 Å². The van der Waals surface area contributed by atoms with Crippen molar-refractivity contribution in [1.29, 1.82) is 0 Å². The SMILES string of the molecule is Fc1ccc(CC2CCN(Cc3ccccc3)CC2)cc1F. The number of likely N-dealkylation sites (tertiary alicyclic amines) is 1. The topological polar surface area (TPSA) is 3.24 Å². The summed E-state index contributed by atoms with van der Waals surface area (Å²) in [6.07, 6.45) is 3.08. The van der Waals surface area contributed by atoms with Gasteiger partial charge in [-0.25, -0.2) is 8.78 Å². The number of piperidine rings is 1. The summed E-state index contributed by atoms with van der Waals surface area (Å²) in [6, 6.07) is 14.8. The standard InChI is InChI=1S/C19H21F2N/c20-18-7-6-17(13-19(18)21)12-15-8-10-22(11-9-15)14-16-4-2-1-3-5-16/h1-7,13,15H,8-12,14H2. The first-order chi connectivity index (χ1) is 10.7. The van der Waals surface area contributed by atoms with E-state index in [-0.39, 0.29) is 0 Å². The highest BCUT2D eigenvalue weighted by atomic mass is 19.2. The third kappa shape index (κ3) is 3.92. The van der Waals surface area contributed by atoms with Gasteiger partial charge >= 0.3 is 0 Å². The average molecular weight is 301 g/mol. The molecule has 2 aromatic carbocycles. The van der Waals surface area contributed by atoms with Crippen molar-refractivity contribution in [1.82, 2.24) is 4.90 Å². The summed E-state index contributed by atoms with van der Waals surface area (Å²) in [4.78, 5) is 2.47. The van der Waals surface area contributed by atoms with Gasteiger partial charge < -0.3 is 0 Å². The molecule has 0 spiro atoms. The molecule has 22 heavy (non-hydrogen) atoms. The third-order valence-corrected chi connectivity index (χ3v) is 4.46. The van der Waals surface area contributed by atoms with Crippen molar-refractivity contribution in [2.24, 2.45) is 5.92 Å². The first-order valence-corrected chi connectivity index (χ1v) is 7.91. The van der Waals surface area contributed by atoms with E-state index in [4.69, 9.17) is 0 Å². The van der Waals surface area contributed by atoms with E-state index in [1.54, 1.807) is 6.07 Å². The summed E-state index contributed by atoms with van der Waals surface area (Å²) >= 11 is 0. The summed E-state index contributed by atoms with van der Waals surface area (Å²) in [5.74, 6) is -0.933. The van der Waals surface area contributed by atoms with Crippen LogP contribution in [0, 0.1) is 17.6 Å². The Morgan fingerprint density at radius 2 is 1.59 bits per heavy atom. The normalized spacial score (nSPS) is 16.8. The molecule has 1 fully saturated rings. The highest BCUT2D eigenvalue weighted by Crippen LogP contribution is 2.23. The van der Waals surface area contributed by atoms with Gasteiger partial charge in [-0.2, -0.15) is 0 Å². The molecule has 1 heterocycles. The second kappa shape index (κ2) is 7.01. The zero-order valence-electron chi connectivity index (χ0n) is 12.6. The zero-order chi connectivity index (χ0) is 15.4. The van der Waals surface area contributed by atoms with Crippen LogP contribution in [0.2, 0.25) is 0 Å². The molecule has 0 unspecified atom stereocenters. The molecule has 1 aliphatic heterocycles. The predicted molar refractivity (Wildman–Crippen MR) is 84.5 cm³/mol. The van der Waals surface area contributed by atoms with Crippen LogP contribution in [0.15, 0.2) is 48.5 Å². The van der Waals surface area contributed by atoms with Crippen molar-refractivity contribution in [3.63, 3.8) is 0 Å². The Bertz CT molecular complexity index is 604. The van der Waals surface area contributed by atoms with Crippen LogP contribution >= 0.6 is 0 Å². The zero-order valence-corrected chi connectivity index (χ0v) is 12.6. The van der Waals surface area contributed by atoms with Crippen molar-refractivity contribution >= 4 is 0 Å². The van der Waals surface area contributed by atoms with Crippen molar-refractivity contribution in [3.8, 4) is 0 Å². The highest BCUT2D eigenvalue weighted by Gasteiger charge is 2.19. The summed E-state index contributed by atoms with van der Waals surface area (Å²) in [5.41, 5.74) is 2.25. The Morgan fingerprint density at radius 3 is 2.27 bits per heavy atom. The second-order valence-corrected chi connectivity index (χ2v) is 6.16. The van der Waals surface area contributed by atoms with Gasteiger partial charge in [-0.05, 0) is 61.5 Å². The molecule has 116 valence electrons. The smallest absolute Gasteiger partial charge is 0.159 e. The van der Waals surface area contributed by atoms with E-state index in [1.807, 2.05) is 6.07 Å². The molecule has 0 aromatic heterocycles. The molecule has 2 aromatic rings. The van der Waals surface area contributed by atoms with Gasteiger partial charge in [0.1, 0.15) is 0 Å². The Morgan fingerprint density at radius 1 is 0.864 bits per heavy atom. The minimum Gasteiger partial charge on any atom is -0.299 e. The van der Waals surface area contributed by atoms with Gasteiger partial charge in [0.2, 0.25) is 0 Å². The van der Waals surface area contributed by atoms with E-state index in [2.05, 4.69) is 29.2 Å². The lowest BCUT2D eigenvalue weighted by Crippen LogP contribution is -2.33. The summed E-state index contributed by atoms with van der Waals surface area (Å²) in [6.45, 7) is 3.14. The van der Waals surface area contributed by atoms with Crippen LogP contribution in [0.5, 0.6) is 0 Å². The van der Waals surface area contributed by atoms with Crippen LogP contribution in [-0.4, -0.2) is 18.0 Å². The van der Waals surface area contributed by atoms with Crippen LogP contribution in [0.3, 0.4) is 0 Å². The lowest BCUT2D eigenvalue weighted by molar-refractivity contribution is 0.177. The molecule has 0 atom stereocenters. The van der Waals surface area contributed by atoms with E-state index in [1.165, 1.54) is 17.7 Å². The lowest BCUT2D eigenvalue weighted by Gasteiger charge is -2.32. The fraction of sp³-hybridized carbons (Fsp3) is 0.368. The molecule has 1 nitrogen and oxygen atoms in total. The molecule has 0 aliphatic carbocycles. The quantitative estimate of drug-likeness (QED) is 0.808. The molecular formula is C19H21F2N. The molecule has 3 rings (SSSR count). The lowest BCUT2D eigenvalue weighted by atomic mass is 9.90. The van der Waals surface area contributed by atoms with Gasteiger partial charge in [-0.15, -0.1) is 0 Å². The average Bonchev–Trinajstić information content (AvgIpc) is 2.54. The van der Waals surface area contributed by atoms with E-state index in [0.717, 1.165) is 44.5 Å². The molecule has 0 radical (unpaired) electrons. The van der Waals surface area contributed by atoms with Crippen LogP contribution < -0.4 is 0 Å². The molecule has 0 amide bonds. The van der Waals surface area contributed by atoms with E-state index in [9.17, 15) is 8.78 Å². The summed E-state index contributed by atoms with van der Waals surface area (Å²) in [5, 5.41) is 0. The minimum atomic E-state index is -0.763. The molecule has 1 aliphatic rings. The Labute approximate surface area is 130 Å². The highest BCUT2D eigenvalue weighted by molar-refractivity contribution is 5.18. The summed E-state index contributed by atoms with van der Waals surface area (Å²) in [7, 11) is 0. The first-order valence-electron chi connectivity index (χ1n) is 7.91. The van der Waals surface area contributed by atoms with Gasteiger partial charge in [0.15, 0.2) is 11.6 Å². The van der Waals surface area contributed by atoms with Crippen molar-refractivity contribution < 1.29 is 8.78 Å². The molecule has 1 saturated heterocycles. The number of hydrogen-bond donors (Lipinski definition) is 0. The second-order valence-electron chi connectivity index (χ2n) is 6.16. The van der Waals surface area contributed by atoms with Crippen molar-refractivity contribution in [2.75, 3.05) is 13.1 Å². The van der Waals surface area contributed by atoms with Gasteiger partial charge in [0.05, 0.1) is 0 Å². The predicted octanol–water partition coefficient (Wildman–Crippen LogP) is 4.42. The molecule has 3 heteroatoms. The van der Waals surface area contributed by atoms with Gasteiger partial charge in [0, 0.05) is 6.54 Å². The number of halogens is 2. The van der Waals surface area contributed by atoms with E-state index < -0.39 is 11.6 Å². The maximum atomic E-state index is 13.3. The number of nitrogens with zero attached hydrogens (tertiary/aromatic N) is 1. The minimum absolute atomic E-state index is 0.567. The number of rotatable bonds is 4. The molecular weight excluding hydrogens is 280 g/mol. The Kier molecular flexibility index (Phi) is 4.84.